The molecule has 7 heteroatoms. The van der Waals surface area contributed by atoms with Crippen LogP contribution in [0.5, 0.6) is 17.2 Å². The number of carbonyl (C=O) groups is 2. The number of methoxy groups -OCH3 is 2. The zero-order valence-corrected chi connectivity index (χ0v) is 20.8. The average Bonchev–Trinajstić information content (AvgIpc) is 2.81. The van der Waals surface area contributed by atoms with Crippen LogP contribution in [0, 0.1) is 0 Å². The third kappa shape index (κ3) is 5.19. The van der Waals surface area contributed by atoms with Crippen LogP contribution in [0.25, 0.3) is 10.8 Å². The number of fused-ring (bicyclic) bond motifs is 2. The van der Waals surface area contributed by atoms with E-state index in [1.54, 1.807) is 27.9 Å². The quantitative estimate of drug-likeness (QED) is 0.484. The Morgan fingerprint density at radius 2 is 1.66 bits per heavy atom. The maximum absolute atomic E-state index is 12.9. The first-order valence-electron chi connectivity index (χ1n) is 11.6. The third-order valence-electron chi connectivity index (χ3n) is 6.08. The van der Waals surface area contributed by atoms with Crippen LogP contribution < -0.4 is 14.8 Å². The number of rotatable bonds is 5. The summed E-state index contributed by atoms with van der Waals surface area (Å²) in [5, 5.41) is 4.68. The molecule has 3 aromatic carbocycles. The predicted molar refractivity (Wildman–Crippen MR) is 133 cm³/mol. The van der Waals surface area contributed by atoms with Gasteiger partial charge < -0.3 is 24.3 Å². The molecule has 0 saturated carbocycles. The van der Waals surface area contributed by atoms with Gasteiger partial charge in [0.25, 0.3) is 0 Å². The number of benzene rings is 3. The highest BCUT2D eigenvalue weighted by molar-refractivity contribution is 5.94. The molecule has 35 heavy (non-hydrogen) atoms. The molecule has 3 aromatic rings. The van der Waals surface area contributed by atoms with E-state index in [4.69, 9.17) is 18.9 Å². The second kappa shape index (κ2) is 9.49. The van der Waals surface area contributed by atoms with Crippen LogP contribution in [0.4, 0.5) is 4.79 Å². The predicted octanol–water partition coefficient (Wildman–Crippen LogP) is 5.57. The Labute approximate surface area is 205 Å². The molecule has 0 saturated heterocycles. The van der Waals surface area contributed by atoms with Gasteiger partial charge in [-0.05, 0) is 74.4 Å². The van der Waals surface area contributed by atoms with Crippen LogP contribution in [-0.2, 0) is 27.1 Å². The maximum Gasteiger partial charge on any atom is 0.408 e. The van der Waals surface area contributed by atoms with Gasteiger partial charge in [0.2, 0.25) is 0 Å². The van der Waals surface area contributed by atoms with Crippen molar-refractivity contribution in [3.05, 3.63) is 65.7 Å². The van der Waals surface area contributed by atoms with Crippen molar-refractivity contribution in [1.29, 1.82) is 0 Å². The minimum Gasteiger partial charge on any atom is -0.496 e. The summed E-state index contributed by atoms with van der Waals surface area (Å²) in [7, 11) is 2.96. The molecule has 1 aliphatic rings. The fourth-order valence-corrected chi connectivity index (χ4v) is 4.52. The fourth-order valence-electron chi connectivity index (χ4n) is 4.52. The van der Waals surface area contributed by atoms with E-state index in [1.807, 2.05) is 54.6 Å². The fraction of sp³-hybridized carbons (Fsp3) is 0.357. The maximum atomic E-state index is 12.9. The molecule has 0 heterocycles. The molecule has 0 spiro atoms. The molecule has 1 aliphatic carbocycles. The number of aryl methyl sites for hydroxylation is 1. The van der Waals surface area contributed by atoms with E-state index >= 15 is 0 Å². The molecule has 1 atom stereocenters. The summed E-state index contributed by atoms with van der Waals surface area (Å²) in [6.45, 7) is 5.33. The lowest BCUT2D eigenvalue weighted by molar-refractivity contribution is -0.149. The molecule has 7 nitrogen and oxygen atoms in total. The summed E-state index contributed by atoms with van der Waals surface area (Å²) in [4.78, 5) is 25.4. The van der Waals surface area contributed by atoms with E-state index < -0.39 is 23.2 Å². The van der Waals surface area contributed by atoms with Crippen molar-refractivity contribution in [2.45, 2.75) is 51.2 Å². The molecule has 1 N–H and O–H groups in total. The second-order valence-corrected chi connectivity index (χ2v) is 9.72. The minimum atomic E-state index is -1.22. The van der Waals surface area contributed by atoms with Gasteiger partial charge in [0.15, 0.2) is 0 Å². The summed E-state index contributed by atoms with van der Waals surface area (Å²) in [6, 6.07) is 17.5. The summed E-state index contributed by atoms with van der Waals surface area (Å²) < 4.78 is 22.3. The van der Waals surface area contributed by atoms with E-state index in [0.29, 0.717) is 24.3 Å². The number of nitrogens with one attached hydrogen (secondary N) is 1. The number of esters is 1. The smallest absolute Gasteiger partial charge is 0.408 e. The Bertz CT molecular complexity index is 1260. The zero-order chi connectivity index (χ0) is 25.2. The number of hydrogen-bond donors (Lipinski definition) is 1. The third-order valence-corrected chi connectivity index (χ3v) is 6.08. The van der Waals surface area contributed by atoms with Crippen LogP contribution in [0.15, 0.2) is 54.6 Å². The summed E-state index contributed by atoms with van der Waals surface area (Å²) in [5.74, 6) is 1.52. The van der Waals surface area contributed by atoms with Crippen LogP contribution >= 0.6 is 0 Å². The molecule has 0 bridgehead atoms. The highest BCUT2D eigenvalue weighted by Gasteiger charge is 2.44. The molecule has 0 radical (unpaired) electrons. The lowest BCUT2D eigenvalue weighted by Gasteiger charge is -2.36. The van der Waals surface area contributed by atoms with Crippen molar-refractivity contribution in [2.75, 3.05) is 14.2 Å². The Kier molecular flexibility index (Phi) is 6.61. The van der Waals surface area contributed by atoms with Crippen molar-refractivity contribution >= 4 is 22.8 Å². The SMILES string of the molecule is COC(=O)C1(NC(=O)OC(C)(C)C)CCc2ccc(Oc3cccc4cccc(OC)c34)cc2C1. The number of ether oxygens (including phenoxy) is 4. The van der Waals surface area contributed by atoms with Crippen LogP contribution in [0.1, 0.15) is 38.3 Å². The number of carbonyl (C=O) groups excluding carboxylic acids is 2. The molecule has 1 amide bonds. The number of hydrogen-bond acceptors (Lipinski definition) is 6. The molecule has 0 aliphatic heterocycles. The first-order chi connectivity index (χ1) is 16.6. The van der Waals surface area contributed by atoms with E-state index in [-0.39, 0.29) is 6.42 Å². The summed E-state index contributed by atoms with van der Waals surface area (Å²) in [6.07, 6.45) is 0.626. The largest absolute Gasteiger partial charge is 0.496 e. The van der Waals surface area contributed by atoms with Gasteiger partial charge in [0, 0.05) is 6.42 Å². The summed E-state index contributed by atoms with van der Waals surface area (Å²) >= 11 is 0. The molecule has 0 aromatic heterocycles. The molecular formula is C28H31NO6. The first-order valence-corrected chi connectivity index (χ1v) is 11.6. The van der Waals surface area contributed by atoms with Crippen molar-refractivity contribution in [3.8, 4) is 17.2 Å². The van der Waals surface area contributed by atoms with Gasteiger partial charge in [0.1, 0.15) is 28.4 Å². The Morgan fingerprint density at radius 3 is 2.31 bits per heavy atom. The van der Waals surface area contributed by atoms with Crippen LogP contribution in [-0.4, -0.2) is 37.4 Å². The summed E-state index contributed by atoms with van der Waals surface area (Å²) in [5.41, 5.74) is 0.0978. The van der Waals surface area contributed by atoms with Gasteiger partial charge in [-0.3, -0.25) is 0 Å². The number of alkyl carbamates (subject to hydrolysis) is 1. The standard InChI is InChI=1S/C28H31NO6/c1-27(2,3)35-26(31)29-28(25(30)33-5)15-14-18-12-13-21(16-20(18)17-28)34-23-11-7-9-19-8-6-10-22(32-4)24(19)23/h6-13,16H,14-15,17H2,1-5H3,(H,29,31). The normalized spacial score (nSPS) is 17.3. The van der Waals surface area contributed by atoms with Gasteiger partial charge in [0.05, 0.1) is 19.6 Å². The highest BCUT2D eigenvalue weighted by Crippen LogP contribution is 2.38. The lowest BCUT2D eigenvalue weighted by Crippen LogP contribution is -2.59. The number of amides is 1. The molecule has 1 unspecified atom stereocenters. The van der Waals surface area contributed by atoms with Crippen LogP contribution in [0.2, 0.25) is 0 Å². The molecule has 184 valence electrons. The van der Waals surface area contributed by atoms with E-state index in [2.05, 4.69) is 5.32 Å². The topological polar surface area (TPSA) is 83.1 Å². The molecular weight excluding hydrogens is 446 g/mol. The molecule has 4 rings (SSSR count). The molecule has 0 fully saturated rings. The van der Waals surface area contributed by atoms with Gasteiger partial charge >= 0.3 is 12.1 Å². The van der Waals surface area contributed by atoms with E-state index in [1.165, 1.54) is 7.11 Å². The Balaban J connectivity index is 1.65. The van der Waals surface area contributed by atoms with Gasteiger partial charge in [-0.25, -0.2) is 9.59 Å². The highest BCUT2D eigenvalue weighted by atomic mass is 16.6. The van der Waals surface area contributed by atoms with E-state index in [0.717, 1.165) is 27.6 Å². The van der Waals surface area contributed by atoms with E-state index in [9.17, 15) is 9.59 Å². The average molecular weight is 478 g/mol. The monoisotopic (exact) mass is 477 g/mol. The van der Waals surface area contributed by atoms with Gasteiger partial charge in [-0.1, -0.05) is 30.3 Å². The first kappa shape index (κ1) is 24.4. The Morgan fingerprint density at radius 1 is 0.943 bits per heavy atom. The minimum absolute atomic E-state index is 0.268. The van der Waals surface area contributed by atoms with Gasteiger partial charge in [-0.15, -0.1) is 0 Å². The van der Waals surface area contributed by atoms with Crippen molar-refractivity contribution in [3.63, 3.8) is 0 Å². The lowest BCUT2D eigenvalue weighted by atomic mass is 9.78. The zero-order valence-electron chi connectivity index (χ0n) is 20.8. The van der Waals surface area contributed by atoms with Crippen molar-refractivity contribution in [1.82, 2.24) is 5.32 Å². The van der Waals surface area contributed by atoms with Gasteiger partial charge in [-0.2, -0.15) is 0 Å². The Hall–Kier alpha value is -3.74. The van der Waals surface area contributed by atoms with Crippen molar-refractivity contribution in [2.24, 2.45) is 0 Å². The van der Waals surface area contributed by atoms with Crippen LogP contribution in [0.3, 0.4) is 0 Å². The second-order valence-electron chi connectivity index (χ2n) is 9.72. The van der Waals surface area contributed by atoms with Crippen molar-refractivity contribution < 1.29 is 28.5 Å².